The average molecular weight is 329 g/mol. The van der Waals surface area contributed by atoms with Gasteiger partial charge in [0, 0.05) is 21.2 Å². The molecule has 3 rings (SSSR count). The van der Waals surface area contributed by atoms with Gasteiger partial charge in [0.2, 0.25) is 0 Å². The predicted molar refractivity (Wildman–Crippen MR) is 81.3 cm³/mol. The molecule has 1 atom stereocenters. The largest absolute Gasteiger partial charge is 0.381 e. The molecular formula is C15H19BrClN. The van der Waals surface area contributed by atoms with Crippen LogP contribution in [0, 0.1) is 5.41 Å². The average Bonchev–Trinajstić information content (AvgIpc) is 2.37. The summed E-state index contributed by atoms with van der Waals surface area (Å²) in [6.45, 7) is 0. The summed E-state index contributed by atoms with van der Waals surface area (Å²) in [7, 11) is 0. The Kier molecular flexibility index (Phi) is 3.59. The first kappa shape index (κ1) is 12.8. The van der Waals surface area contributed by atoms with Crippen LogP contribution in [0.25, 0.3) is 0 Å². The van der Waals surface area contributed by atoms with Gasteiger partial charge in [0.1, 0.15) is 0 Å². The molecule has 3 heteroatoms. The molecule has 0 bridgehead atoms. The zero-order chi connectivity index (χ0) is 12.6. The molecule has 1 spiro atoms. The maximum absolute atomic E-state index is 5.99. The smallest absolute Gasteiger partial charge is 0.0488 e. The fourth-order valence-corrected chi connectivity index (χ4v) is 4.37. The standard InChI is InChI=1S/C15H19BrClN/c16-12-10-11(17)4-5-13(12)18-14-6-9-15(14)7-2-1-3-8-15/h4-5,10,14,18H,1-3,6-9H2. The van der Waals surface area contributed by atoms with Crippen molar-refractivity contribution >= 4 is 33.2 Å². The van der Waals surface area contributed by atoms with Crippen LogP contribution in [0.5, 0.6) is 0 Å². The second-order valence-corrected chi connectivity index (χ2v) is 7.07. The maximum Gasteiger partial charge on any atom is 0.0488 e. The van der Waals surface area contributed by atoms with Crippen LogP contribution in [0.3, 0.4) is 0 Å². The first-order chi connectivity index (χ1) is 8.70. The second kappa shape index (κ2) is 5.05. The van der Waals surface area contributed by atoms with Crippen molar-refractivity contribution < 1.29 is 0 Å². The third-order valence-corrected chi connectivity index (χ3v) is 5.67. The SMILES string of the molecule is Clc1ccc(NC2CCC23CCCCC3)c(Br)c1. The monoisotopic (exact) mass is 327 g/mol. The van der Waals surface area contributed by atoms with Crippen molar-refractivity contribution in [1.82, 2.24) is 0 Å². The molecule has 0 radical (unpaired) electrons. The van der Waals surface area contributed by atoms with Gasteiger partial charge in [0.05, 0.1) is 0 Å². The van der Waals surface area contributed by atoms with Crippen LogP contribution in [-0.4, -0.2) is 6.04 Å². The van der Waals surface area contributed by atoms with Gasteiger partial charge < -0.3 is 5.32 Å². The first-order valence-corrected chi connectivity index (χ1v) is 8.08. The lowest BCUT2D eigenvalue weighted by atomic mass is 9.57. The summed E-state index contributed by atoms with van der Waals surface area (Å²) in [5.41, 5.74) is 1.78. The molecule has 18 heavy (non-hydrogen) atoms. The quantitative estimate of drug-likeness (QED) is 0.742. The summed E-state index contributed by atoms with van der Waals surface area (Å²) in [5, 5.41) is 4.51. The van der Waals surface area contributed by atoms with Gasteiger partial charge in [-0.15, -0.1) is 0 Å². The number of benzene rings is 1. The zero-order valence-corrected chi connectivity index (χ0v) is 12.9. The zero-order valence-electron chi connectivity index (χ0n) is 10.5. The van der Waals surface area contributed by atoms with Crippen molar-refractivity contribution in [3.05, 3.63) is 27.7 Å². The van der Waals surface area contributed by atoms with Crippen molar-refractivity contribution in [1.29, 1.82) is 0 Å². The lowest BCUT2D eigenvalue weighted by Gasteiger charge is -2.52. The Hall–Kier alpha value is -0.210. The molecule has 2 fully saturated rings. The normalized spacial score (nSPS) is 25.8. The molecule has 0 amide bonds. The minimum atomic E-state index is 0.595. The number of halogens is 2. The van der Waals surface area contributed by atoms with E-state index in [1.54, 1.807) is 0 Å². The van der Waals surface area contributed by atoms with E-state index in [1.165, 1.54) is 50.6 Å². The number of hydrogen-bond acceptors (Lipinski definition) is 1. The lowest BCUT2D eigenvalue weighted by molar-refractivity contribution is 0.0571. The van der Waals surface area contributed by atoms with Crippen molar-refractivity contribution in [2.45, 2.75) is 51.0 Å². The number of rotatable bonds is 2. The molecule has 0 heterocycles. The number of hydrogen-bond donors (Lipinski definition) is 1. The van der Waals surface area contributed by atoms with E-state index in [2.05, 4.69) is 27.3 Å². The molecule has 2 aliphatic rings. The molecule has 1 aromatic rings. The van der Waals surface area contributed by atoms with E-state index in [9.17, 15) is 0 Å². The summed E-state index contributed by atoms with van der Waals surface area (Å²) < 4.78 is 1.08. The van der Waals surface area contributed by atoms with E-state index in [1.807, 2.05) is 12.1 Å². The molecule has 1 unspecified atom stereocenters. The fraction of sp³-hybridized carbons (Fsp3) is 0.600. The molecule has 1 aromatic carbocycles. The van der Waals surface area contributed by atoms with Crippen molar-refractivity contribution in [2.75, 3.05) is 5.32 Å². The van der Waals surface area contributed by atoms with Crippen LogP contribution < -0.4 is 5.32 Å². The summed E-state index contributed by atoms with van der Waals surface area (Å²) in [4.78, 5) is 0. The van der Waals surface area contributed by atoms with Crippen LogP contribution in [0.15, 0.2) is 22.7 Å². The molecule has 2 aliphatic carbocycles. The van der Waals surface area contributed by atoms with Crippen molar-refractivity contribution in [3.63, 3.8) is 0 Å². The van der Waals surface area contributed by atoms with Crippen LogP contribution >= 0.6 is 27.5 Å². The van der Waals surface area contributed by atoms with E-state index in [-0.39, 0.29) is 0 Å². The van der Waals surface area contributed by atoms with Crippen LogP contribution in [0.4, 0.5) is 5.69 Å². The highest BCUT2D eigenvalue weighted by molar-refractivity contribution is 9.10. The van der Waals surface area contributed by atoms with Gasteiger partial charge in [-0.1, -0.05) is 30.9 Å². The van der Waals surface area contributed by atoms with Crippen LogP contribution in [0.1, 0.15) is 44.9 Å². The Balaban J connectivity index is 1.72. The molecule has 0 saturated heterocycles. The van der Waals surface area contributed by atoms with E-state index in [0.717, 1.165) is 9.50 Å². The molecule has 0 aliphatic heterocycles. The van der Waals surface area contributed by atoms with Crippen molar-refractivity contribution in [2.24, 2.45) is 5.41 Å². The number of nitrogens with one attached hydrogen (secondary N) is 1. The third-order valence-electron chi connectivity index (χ3n) is 4.78. The van der Waals surface area contributed by atoms with Crippen LogP contribution in [0.2, 0.25) is 5.02 Å². The number of anilines is 1. The molecule has 0 aromatic heterocycles. The summed E-state index contributed by atoms with van der Waals surface area (Å²) in [6, 6.07) is 6.67. The molecule has 1 nitrogen and oxygen atoms in total. The van der Waals surface area contributed by atoms with Gasteiger partial charge in [0.15, 0.2) is 0 Å². The minimum absolute atomic E-state index is 0.595. The van der Waals surface area contributed by atoms with Gasteiger partial charge in [-0.05, 0) is 65.2 Å². The summed E-state index contributed by atoms with van der Waals surface area (Å²) in [6.07, 6.45) is 9.82. The summed E-state index contributed by atoms with van der Waals surface area (Å²) in [5.74, 6) is 0. The van der Waals surface area contributed by atoms with Gasteiger partial charge in [-0.2, -0.15) is 0 Å². The predicted octanol–water partition coefficient (Wildman–Crippen LogP) is 5.63. The molecule has 98 valence electrons. The van der Waals surface area contributed by atoms with E-state index in [0.29, 0.717) is 11.5 Å². The van der Waals surface area contributed by atoms with Gasteiger partial charge in [-0.25, -0.2) is 0 Å². The Morgan fingerprint density at radius 2 is 1.94 bits per heavy atom. The van der Waals surface area contributed by atoms with E-state index < -0.39 is 0 Å². The Bertz CT molecular complexity index is 440. The molecule has 2 saturated carbocycles. The topological polar surface area (TPSA) is 12.0 Å². The summed E-state index contributed by atoms with van der Waals surface area (Å²) >= 11 is 9.58. The fourth-order valence-electron chi connectivity index (χ4n) is 3.57. The Labute approximate surface area is 122 Å². The van der Waals surface area contributed by atoms with E-state index in [4.69, 9.17) is 11.6 Å². The molecule has 1 N–H and O–H groups in total. The highest BCUT2D eigenvalue weighted by Gasteiger charge is 2.46. The highest BCUT2D eigenvalue weighted by atomic mass is 79.9. The van der Waals surface area contributed by atoms with E-state index >= 15 is 0 Å². The second-order valence-electron chi connectivity index (χ2n) is 5.78. The maximum atomic E-state index is 5.99. The van der Waals surface area contributed by atoms with Gasteiger partial charge in [0.25, 0.3) is 0 Å². The van der Waals surface area contributed by atoms with Gasteiger partial charge >= 0.3 is 0 Å². The Morgan fingerprint density at radius 1 is 1.17 bits per heavy atom. The minimum Gasteiger partial charge on any atom is -0.381 e. The van der Waals surface area contributed by atoms with Crippen molar-refractivity contribution in [3.8, 4) is 0 Å². The highest BCUT2D eigenvalue weighted by Crippen LogP contribution is 2.53. The first-order valence-electron chi connectivity index (χ1n) is 6.91. The Morgan fingerprint density at radius 3 is 2.56 bits per heavy atom. The lowest BCUT2D eigenvalue weighted by Crippen LogP contribution is -2.50. The van der Waals surface area contributed by atoms with Crippen LogP contribution in [-0.2, 0) is 0 Å². The van der Waals surface area contributed by atoms with Gasteiger partial charge in [-0.3, -0.25) is 0 Å². The third kappa shape index (κ3) is 2.30. The molecular weight excluding hydrogens is 310 g/mol.